The van der Waals surface area contributed by atoms with Gasteiger partial charge in [-0.3, -0.25) is 0 Å². The molecule has 0 aromatic heterocycles. The van der Waals surface area contributed by atoms with Gasteiger partial charge in [0.1, 0.15) is 16.4 Å². The van der Waals surface area contributed by atoms with E-state index in [2.05, 4.69) is 0 Å². The molecular formula is C14H14O6S2. The Morgan fingerprint density at radius 2 is 1.18 bits per heavy atom. The third-order valence-electron chi connectivity index (χ3n) is 2.81. The van der Waals surface area contributed by atoms with Gasteiger partial charge >= 0.3 is 10.1 Å². The quantitative estimate of drug-likeness (QED) is 0.771. The lowest BCUT2D eigenvalue weighted by Gasteiger charge is -2.08. The van der Waals surface area contributed by atoms with Crippen molar-refractivity contribution in [1.29, 1.82) is 0 Å². The van der Waals surface area contributed by atoms with Crippen molar-refractivity contribution in [2.45, 2.75) is 9.79 Å². The second-order valence-corrected chi connectivity index (χ2v) is 8.02. The molecule has 0 aliphatic carbocycles. The summed E-state index contributed by atoms with van der Waals surface area (Å²) in [6.45, 7) is 0. The van der Waals surface area contributed by atoms with Crippen LogP contribution in [0.4, 0.5) is 0 Å². The second-order valence-electron chi connectivity index (χ2n) is 4.46. The molecule has 2 aromatic rings. The Morgan fingerprint density at radius 3 is 1.64 bits per heavy atom. The highest BCUT2D eigenvalue weighted by Crippen LogP contribution is 2.22. The molecule has 0 saturated carbocycles. The highest BCUT2D eigenvalue weighted by atomic mass is 32.2. The monoisotopic (exact) mass is 342 g/mol. The van der Waals surface area contributed by atoms with Crippen molar-refractivity contribution < 1.29 is 25.8 Å². The summed E-state index contributed by atoms with van der Waals surface area (Å²) < 4.78 is 56.9. The van der Waals surface area contributed by atoms with Crippen LogP contribution in [0.5, 0.6) is 11.5 Å². The van der Waals surface area contributed by atoms with Crippen molar-refractivity contribution in [3.05, 3.63) is 48.5 Å². The average Bonchev–Trinajstić information content (AvgIpc) is 2.47. The molecule has 0 aliphatic rings. The lowest BCUT2D eigenvalue weighted by molar-refractivity contribution is 0.413. The van der Waals surface area contributed by atoms with Gasteiger partial charge in [0.25, 0.3) is 0 Å². The SMILES string of the molecule is COc1ccc(OS(=O)(=O)c2ccc(S(C)(=O)=O)cc2)cc1. The van der Waals surface area contributed by atoms with Crippen LogP contribution in [0.15, 0.2) is 58.3 Å². The molecule has 0 N–H and O–H groups in total. The highest BCUT2D eigenvalue weighted by molar-refractivity contribution is 7.90. The van der Waals surface area contributed by atoms with Crippen LogP contribution in [0.1, 0.15) is 0 Å². The Morgan fingerprint density at radius 1 is 0.727 bits per heavy atom. The zero-order valence-electron chi connectivity index (χ0n) is 11.9. The molecule has 6 nitrogen and oxygen atoms in total. The maximum atomic E-state index is 12.1. The summed E-state index contributed by atoms with van der Waals surface area (Å²) in [5.74, 6) is 0.704. The molecule has 0 saturated heterocycles. The molecule has 8 heteroatoms. The van der Waals surface area contributed by atoms with E-state index in [-0.39, 0.29) is 15.5 Å². The predicted molar refractivity (Wildman–Crippen MR) is 80.4 cm³/mol. The van der Waals surface area contributed by atoms with E-state index in [9.17, 15) is 16.8 Å². The number of hydrogen-bond donors (Lipinski definition) is 0. The smallest absolute Gasteiger partial charge is 0.339 e. The molecule has 0 radical (unpaired) electrons. The molecule has 0 bridgehead atoms. The topological polar surface area (TPSA) is 86.7 Å². The van der Waals surface area contributed by atoms with Crippen molar-refractivity contribution in [2.75, 3.05) is 13.4 Å². The van der Waals surface area contributed by atoms with Crippen LogP contribution in [-0.2, 0) is 20.0 Å². The van der Waals surface area contributed by atoms with Crippen LogP contribution in [0.25, 0.3) is 0 Å². The minimum Gasteiger partial charge on any atom is -0.497 e. The maximum absolute atomic E-state index is 12.1. The zero-order chi connectivity index (χ0) is 16.4. The summed E-state index contributed by atoms with van der Waals surface area (Å²) in [5, 5.41) is 0. The van der Waals surface area contributed by atoms with Gasteiger partial charge in [-0.05, 0) is 48.5 Å². The Hall–Kier alpha value is -2.06. The Kier molecular flexibility index (Phi) is 4.43. The maximum Gasteiger partial charge on any atom is 0.339 e. The molecule has 0 amide bonds. The summed E-state index contributed by atoms with van der Waals surface area (Å²) in [6, 6.07) is 10.9. The van der Waals surface area contributed by atoms with Crippen molar-refractivity contribution in [2.24, 2.45) is 0 Å². The normalized spacial score (nSPS) is 11.9. The molecule has 22 heavy (non-hydrogen) atoms. The van der Waals surface area contributed by atoms with Crippen LogP contribution in [0, 0.1) is 0 Å². The molecular weight excluding hydrogens is 328 g/mol. The lowest BCUT2D eigenvalue weighted by Crippen LogP contribution is -2.10. The molecule has 0 aliphatic heterocycles. The van der Waals surface area contributed by atoms with E-state index in [4.69, 9.17) is 8.92 Å². The van der Waals surface area contributed by atoms with Gasteiger partial charge in [-0.2, -0.15) is 8.42 Å². The standard InChI is InChI=1S/C14H14O6S2/c1-19-11-3-5-12(6-4-11)20-22(17,18)14-9-7-13(8-10-14)21(2,15)16/h3-10H,1-2H3. The molecule has 0 atom stereocenters. The number of sulfone groups is 1. The number of ether oxygens (including phenoxy) is 1. The molecule has 0 fully saturated rings. The minimum absolute atomic E-state index is 0.0379. The molecule has 2 aromatic carbocycles. The van der Waals surface area contributed by atoms with E-state index in [0.29, 0.717) is 5.75 Å². The van der Waals surface area contributed by atoms with E-state index in [1.165, 1.54) is 43.5 Å². The van der Waals surface area contributed by atoms with Crippen molar-refractivity contribution in [3.8, 4) is 11.5 Å². The van der Waals surface area contributed by atoms with Crippen LogP contribution in [0.3, 0.4) is 0 Å². The third kappa shape index (κ3) is 3.77. The number of benzene rings is 2. The van der Waals surface area contributed by atoms with Gasteiger partial charge in [-0.1, -0.05) is 0 Å². The van der Waals surface area contributed by atoms with Gasteiger partial charge in [0.2, 0.25) is 0 Å². The van der Waals surface area contributed by atoms with Crippen LogP contribution < -0.4 is 8.92 Å². The van der Waals surface area contributed by atoms with Crippen LogP contribution in [0.2, 0.25) is 0 Å². The van der Waals surface area contributed by atoms with E-state index in [1.807, 2.05) is 0 Å². The third-order valence-corrected chi connectivity index (χ3v) is 5.20. The van der Waals surface area contributed by atoms with E-state index in [1.54, 1.807) is 12.1 Å². The van der Waals surface area contributed by atoms with Crippen LogP contribution in [-0.4, -0.2) is 30.2 Å². The van der Waals surface area contributed by atoms with Crippen molar-refractivity contribution in [3.63, 3.8) is 0 Å². The molecule has 118 valence electrons. The fourth-order valence-corrected chi connectivity index (χ4v) is 3.22. The van der Waals surface area contributed by atoms with Crippen molar-refractivity contribution >= 4 is 20.0 Å². The predicted octanol–water partition coefficient (Wildman–Crippen LogP) is 1.87. The largest absolute Gasteiger partial charge is 0.497 e. The summed E-state index contributed by atoms with van der Waals surface area (Å²) >= 11 is 0. The summed E-state index contributed by atoms with van der Waals surface area (Å²) in [5.41, 5.74) is 0. The Labute approximate surface area is 129 Å². The second kappa shape index (κ2) is 5.98. The first-order valence-electron chi connectivity index (χ1n) is 6.11. The molecule has 0 heterocycles. The van der Waals surface area contributed by atoms with Crippen molar-refractivity contribution in [1.82, 2.24) is 0 Å². The molecule has 0 spiro atoms. The highest BCUT2D eigenvalue weighted by Gasteiger charge is 2.18. The van der Waals surface area contributed by atoms with E-state index < -0.39 is 20.0 Å². The molecule has 2 rings (SSSR count). The number of methoxy groups -OCH3 is 1. The van der Waals surface area contributed by atoms with Gasteiger partial charge in [-0.15, -0.1) is 0 Å². The summed E-state index contributed by atoms with van der Waals surface area (Å²) in [4.78, 5) is -0.0911. The van der Waals surface area contributed by atoms with Gasteiger partial charge < -0.3 is 8.92 Å². The zero-order valence-corrected chi connectivity index (χ0v) is 13.5. The first-order valence-corrected chi connectivity index (χ1v) is 9.41. The average molecular weight is 342 g/mol. The Bertz CT molecular complexity index is 851. The molecule has 0 unspecified atom stereocenters. The number of rotatable bonds is 5. The van der Waals surface area contributed by atoms with E-state index in [0.717, 1.165) is 6.26 Å². The summed E-state index contributed by atoms with van der Waals surface area (Å²) in [7, 11) is -5.92. The van der Waals surface area contributed by atoms with Gasteiger partial charge in [0.05, 0.1) is 12.0 Å². The lowest BCUT2D eigenvalue weighted by atomic mass is 10.3. The first kappa shape index (κ1) is 16.3. The Balaban J connectivity index is 2.26. The fraction of sp³-hybridized carbons (Fsp3) is 0.143. The minimum atomic E-state index is -4.03. The van der Waals surface area contributed by atoms with Gasteiger partial charge in [0.15, 0.2) is 9.84 Å². The van der Waals surface area contributed by atoms with Gasteiger partial charge in [0, 0.05) is 6.26 Å². The summed E-state index contributed by atoms with van der Waals surface area (Å²) in [6.07, 6.45) is 1.05. The fourth-order valence-electron chi connectivity index (χ4n) is 1.66. The van der Waals surface area contributed by atoms with Crippen LogP contribution >= 0.6 is 0 Å². The van der Waals surface area contributed by atoms with E-state index >= 15 is 0 Å². The first-order chi connectivity index (χ1) is 10.2. The van der Waals surface area contributed by atoms with Gasteiger partial charge in [-0.25, -0.2) is 8.42 Å². The number of hydrogen-bond acceptors (Lipinski definition) is 6.